The van der Waals surface area contributed by atoms with Gasteiger partial charge in [0, 0.05) is 18.6 Å². The number of imidazole rings is 1. The van der Waals surface area contributed by atoms with E-state index in [1.165, 1.54) is 0 Å². The number of aryl methyl sites for hydroxylation is 1. The van der Waals surface area contributed by atoms with Crippen LogP contribution in [0, 0.1) is 6.92 Å². The Morgan fingerprint density at radius 2 is 2.00 bits per heavy atom. The van der Waals surface area contributed by atoms with Gasteiger partial charge >= 0.3 is 0 Å². The van der Waals surface area contributed by atoms with Gasteiger partial charge in [-0.15, -0.1) is 0 Å². The zero-order chi connectivity index (χ0) is 16.5. The van der Waals surface area contributed by atoms with Gasteiger partial charge in [0.25, 0.3) is 0 Å². The van der Waals surface area contributed by atoms with Crippen LogP contribution in [0.4, 0.5) is 0 Å². The maximum atomic E-state index is 5.67. The lowest BCUT2D eigenvalue weighted by Gasteiger charge is -2.11. The van der Waals surface area contributed by atoms with Gasteiger partial charge in [-0.2, -0.15) is 4.98 Å². The third-order valence-electron chi connectivity index (χ3n) is 3.74. The molecule has 0 N–H and O–H groups in total. The minimum absolute atomic E-state index is 0.183. The fraction of sp³-hybridized carbons (Fsp3) is 0.176. The van der Waals surface area contributed by atoms with E-state index in [0.717, 1.165) is 5.76 Å². The summed E-state index contributed by atoms with van der Waals surface area (Å²) in [5.41, 5.74) is 0.673. The van der Waals surface area contributed by atoms with E-state index < -0.39 is 0 Å². The van der Waals surface area contributed by atoms with Crippen LogP contribution in [0.15, 0.2) is 57.9 Å². The Morgan fingerprint density at radius 3 is 2.75 bits per heavy atom. The van der Waals surface area contributed by atoms with E-state index in [9.17, 15) is 0 Å². The first-order chi connectivity index (χ1) is 11.7. The van der Waals surface area contributed by atoms with Crippen molar-refractivity contribution in [3.63, 3.8) is 0 Å². The minimum atomic E-state index is -0.183. The predicted octanol–water partition coefficient (Wildman–Crippen LogP) is 3.51. The molecule has 1 atom stereocenters. The molecule has 0 fully saturated rings. The van der Waals surface area contributed by atoms with Gasteiger partial charge in [-0.3, -0.25) is 4.98 Å². The van der Waals surface area contributed by atoms with Gasteiger partial charge in [0.15, 0.2) is 11.6 Å². The summed E-state index contributed by atoms with van der Waals surface area (Å²) in [6, 6.07) is 9.19. The van der Waals surface area contributed by atoms with Gasteiger partial charge in [0.2, 0.25) is 11.7 Å². The lowest BCUT2D eigenvalue weighted by Crippen LogP contribution is -2.07. The van der Waals surface area contributed by atoms with E-state index >= 15 is 0 Å². The van der Waals surface area contributed by atoms with Crippen LogP contribution in [0.3, 0.4) is 0 Å². The minimum Gasteiger partial charge on any atom is -0.458 e. The molecular weight excluding hydrogens is 306 g/mol. The van der Waals surface area contributed by atoms with Crippen molar-refractivity contribution < 1.29 is 8.94 Å². The van der Waals surface area contributed by atoms with Gasteiger partial charge in [0.05, 0.1) is 0 Å². The van der Waals surface area contributed by atoms with E-state index in [1.807, 2.05) is 54.9 Å². The molecule has 0 aliphatic carbocycles. The second-order valence-corrected chi connectivity index (χ2v) is 5.42. The molecule has 4 aromatic heterocycles. The van der Waals surface area contributed by atoms with E-state index in [2.05, 4.69) is 20.1 Å². The molecule has 0 aliphatic heterocycles. The molecule has 0 saturated heterocycles. The fourth-order valence-corrected chi connectivity index (χ4v) is 2.49. The Morgan fingerprint density at radius 1 is 1.08 bits per heavy atom. The second kappa shape index (κ2) is 5.77. The van der Waals surface area contributed by atoms with Crippen LogP contribution in [0.1, 0.15) is 24.6 Å². The average Bonchev–Trinajstić information content (AvgIpc) is 3.35. The zero-order valence-electron chi connectivity index (χ0n) is 13.2. The Bertz CT molecular complexity index is 954. The van der Waals surface area contributed by atoms with Crippen LogP contribution in [-0.4, -0.2) is 24.7 Å². The Kier molecular flexibility index (Phi) is 3.45. The fourth-order valence-electron chi connectivity index (χ4n) is 2.49. The van der Waals surface area contributed by atoms with Crippen LogP contribution >= 0.6 is 0 Å². The molecular formula is C17H15N5O2. The molecule has 0 spiro atoms. The summed E-state index contributed by atoms with van der Waals surface area (Å²) in [4.78, 5) is 13.1. The average molecular weight is 321 g/mol. The highest BCUT2D eigenvalue weighted by Crippen LogP contribution is 2.26. The standard InChI is InChI=1S/C17H15N5O2/c1-11-6-7-14(23-11)16-19-9-10-22(16)12(2)17-20-15(21-24-17)13-5-3-4-8-18-13/h3-10,12H,1-2H3. The maximum absolute atomic E-state index is 5.67. The number of hydrogen-bond donors (Lipinski definition) is 0. The van der Waals surface area contributed by atoms with Crippen molar-refractivity contribution in [2.45, 2.75) is 19.9 Å². The molecule has 0 saturated carbocycles. The molecule has 0 bridgehead atoms. The number of furan rings is 1. The van der Waals surface area contributed by atoms with Crippen LogP contribution in [-0.2, 0) is 0 Å². The van der Waals surface area contributed by atoms with Gasteiger partial charge < -0.3 is 13.5 Å². The van der Waals surface area contributed by atoms with Crippen molar-refractivity contribution in [2.24, 2.45) is 0 Å². The van der Waals surface area contributed by atoms with Crippen LogP contribution < -0.4 is 0 Å². The number of aromatic nitrogens is 5. The summed E-state index contributed by atoms with van der Waals surface area (Å²) >= 11 is 0. The van der Waals surface area contributed by atoms with Crippen molar-refractivity contribution in [3.8, 4) is 23.1 Å². The van der Waals surface area contributed by atoms with Crippen LogP contribution in [0.2, 0.25) is 0 Å². The zero-order valence-corrected chi connectivity index (χ0v) is 13.2. The first kappa shape index (κ1) is 14.4. The molecule has 120 valence electrons. The molecule has 0 aliphatic rings. The summed E-state index contributed by atoms with van der Waals surface area (Å²) in [6.07, 6.45) is 5.28. The molecule has 0 amide bonds. The highest BCUT2D eigenvalue weighted by Gasteiger charge is 2.21. The molecule has 4 rings (SSSR count). The molecule has 1 unspecified atom stereocenters. The van der Waals surface area contributed by atoms with E-state index in [-0.39, 0.29) is 6.04 Å². The predicted molar refractivity (Wildman–Crippen MR) is 86.0 cm³/mol. The molecule has 4 aromatic rings. The molecule has 0 aromatic carbocycles. The maximum Gasteiger partial charge on any atom is 0.249 e. The Balaban J connectivity index is 1.67. The van der Waals surface area contributed by atoms with Crippen molar-refractivity contribution >= 4 is 0 Å². The lowest BCUT2D eigenvalue weighted by molar-refractivity contribution is 0.345. The molecule has 7 nitrogen and oxygen atoms in total. The van der Waals surface area contributed by atoms with Crippen LogP contribution in [0.5, 0.6) is 0 Å². The monoisotopic (exact) mass is 321 g/mol. The molecule has 24 heavy (non-hydrogen) atoms. The number of hydrogen-bond acceptors (Lipinski definition) is 6. The number of nitrogens with zero attached hydrogens (tertiary/aromatic N) is 5. The molecule has 7 heteroatoms. The lowest BCUT2D eigenvalue weighted by atomic mass is 10.3. The number of rotatable bonds is 4. The summed E-state index contributed by atoms with van der Waals surface area (Å²) in [5, 5.41) is 4.02. The topological polar surface area (TPSA) is 82.8 Å². The summed E-state index contributed by atoms with van der Waals surface area (Å²) < 4.78 is 13.0. The first-order valence-corrected chi connectivity index (χ1v) is 7.57. The van der Waals surface area contributed by atoms with Crippen molar-refractivity contribution in [2.75, 3.05) is 0 Å². The Hall–Kier alpha value is -3.22. The third kappa shape index (κ3) is 2.50. The highest BCUT2D eigenvalue weighted by molar-refractivity contribution is 5.49. The van der Waals surface area contributed by atoms with Gasteiger partial charge in [-0.05, 0) is 38.1 Å². The van der Waals surface area contributed by atoms with E-state index in [0.29, 0.717) is 29.0 Å². The second-order valence-electron chi connectivity index (χ2n) is 5.42. The smallest absolute Gasteiger partial charge is 0.249 e. The summed E-state index contributed by atoms with van der Waals surface area (Å²) in [6.45, 7) is 3.87. The largest absolute Gasteiger partial charge is 0.458 e. The van der Waals surface area contributed by atoms with Crippen molar-refractivity contribution in [1.82, 2.24) is 24.7 Å². The SMILES string of the molecule is Cc1ccc(-c2nccn2C(C)c2nc(-c3ccccn3)no2)o1. The number of pyridine rings is 1. The Labute approximate surface area is 138 Å². The van der Waals surface area contributed by atoms with Crippen LogP contribution in [0.25, 0.3) is 23.1 Å². The quantitative estimate of drug-likeness (QED) is 0.572. The van der Waals surface area contributed by atoms with E-state index in [1.54, 1.807) is 12.4 Å². The highest BCUT2D eigenvalue weighted by atomic mass is 16.5. The molecule has 0 radical (unpaired) electrons. The van der Waals surface area contributed by atoms with Crippen molar-refractivity contribution in [3.05, 3.63) is 60.6 Å². The van der Waals surface area contributed by atoms with Gasteiger partial charge in [-0.1, -0.05) is 11.2 Å². The van der Waals surface area contributed by atoms with Crippen molar-refractivity contribution in [1.29, 1.82) is 0 Å². The third-order valence-corrected chi connectivity index (χ3v) is 3.74. The summed E-state index contributed by atoms with van der Waals surface area (Å²) in [7, 11) is 0. The molecule has 4 heterocycles. The summed E-state index contributed by atoms with van der Waals surface area (Å²) in [5.74, 6) is 3.20. The van der Waals surface area contributed by atoms with Gasteiger partial charge in [0.1, 0.15) is 17.5 Å². The van der Waals surface area contributed by atoms with E-state index in [4.69, 9.17) is 8.94 Å². The van der Waals surface area contributed by atoms with Gasteiger partial charge in [-0.25, -0.2) is 4.98 Å². The first-order valence-electron chi connectivity index (χ1n) is 7.57. The normalized spacial score (nSPS) is 12.4.